The van der Waals surface area contributed by atoms with Crippen LogP contribution in [0.4, 0.5) is 11.4 Å². The molecule has 5 heteroatoms. The maximum absolute atomic E-state index is 6.04. The van der Waals surface area contributed by atoms with Gasteiger partial charge in [0, 0.05) is 24.7 Å². The lowest BCUT2D eigenvalue weighted by Crippen LogP contribution is -2.12. The van der Waals surface area contributed by atoms with Gasteiger partial charge >= 0.3 is 0 Å². The highest BCUT2D eigenvalue weighted by Gasteiger charge is 2.07. The standard InChI is InChI=1S/C26H26N4O/c1-19-7-3-4-8-22(19)24-14-12-21(18-30-24)28-15-16-31-26-10-6-5-9-23(26)25-13-11-20(27-2)17-29-25/h3-14,17-18,27-28H,15-16H2,1-2H3. The van der Waals surface area contributed by atoms with Crippen LogP contribution in [-0.2, 0) is 0 Å². The minimum absolute atomic E-state index is 0.533. The summed E-state index contributed by atoms with van der Waals surface area (Å²) in [4.78, 5) is 9.13. The number of para-hydroxylation sites is 1. The molecule has 0 amide bonds. The summed E-state index contributed by atoms with van der Waals surface area (Å²) in [5.74, 6) is 0.821. The van der Waals surface area contributed by atoms with Gasteiger partial charge in [-0.25, -0.2) is 0 Å². The van der Waals surface area contributed by atoms with Gasteiger partial charge in [0.25, 0.3) is 0 Å². The van der Waals surface area contributed by atoms with Crippen LogP contribution in [0.3, 0.4) is 0 Å². The molecule has 2 N–H and O–H groups in total. The predicted molar refractivity (Wildman–Crippen MR) is 128 cm³/mol. The Hall–Kier alpha value is -3.86. The van der Waals surface area contributed by atoms with Crippen LogP contribution in [0.2, 0.25) is 0 Å². The fourth-order valence-corrected chi connectivity index (χ4v) is 3.38. The first-order chi connectivity index (χ1) is 15.2. The van der Waals surface area contributed by atoms with E-state index in [1.807, 2.05) is 74.0 Å². The van der Waals surface area contributed by atoms with Crippen LogP contribution < -0.4 is 15.4 Å². The topological polar surface area (TPSA) is 59.1 Å². The lowest BCUT2D eigenvalue weighted by molar-refractivity contribution is 0.334. The van der Waals surface area contributed by atoms with Crippen molar-refractivity contribution < 1.29 is 4.74 Å². The van der Waals surface area contributed by atoms with Crippen LogP contribution in [0.15, 0.2) is 85.2 Å². The third-order valence-electron chi connectivity index (χ3n) is 5.09. The van der Waals surface area contributed by atoms with Crippen LogP contribution in [0.1, 0.15) is 5.56 Å². The highest BCUT2D eigenvalue weighted by molar-refractivity contribution is 5.68. The summed E-state index contributed by atoms with van der Waals surface area (Å²) >= 11 is 0. The van der Waals surface area contributed by atoms with Crippen molar-refractivity contribution in [2.75, 3.05) is 30.8 Å². The number of hydrogen-bond acceptors (Lipinski definition) is 5. The summed E-state index contributed by atoms with van der Waals surface area (Å²) in [6.45, 7) is 3.31. The first-order valence-corrected chi connectivity index (χ1v) is 10.4. The van der Waals surface area contributed by atoms with Crippen molar-refractivity contribution >= 4 is 11.4 Å². The van der Waals surface area contributed by atoms with Gasteiger partial charge < -0.3 is 15.4 Å². The SMILES string of the molecule is CNc1ccc(-c2ccccc2OCCNc2ccc(-c3ccccc3C)nc2)nc1. The number of hydrogen-bond donors (Lipinski definition) is 2. The van der Waals surface area contributed by atoms with Crippen molar-refractivity contribution in [3.8, 4) is 28.3 Å². The molecule has 0 aliphatic rings. The number of aromatic nitrogens is 2. The Kier molecular flexibility index (Phi) is 6.43. The normalized spacial score (nSPS) is 10.5. The zero-order valence-electron chi connectivity index (χ0n) is 17.8. The van der Waals surface area contributed by atoms with Crippen molar-refractivity contribution in [1.29, 1.82) is 0 Å². The first-order valence-electron chi connectivity index (χ1n) is 10.4. The Bertz CT molecular complexity index is 1120. The van der Waals surface area contributed by atoms with Gasteiger partial charge in [-0.15, -0.1) is 0 Å². The summed E-state index contributed by atoms with van der Waals surface area (Å²) in [5.41, 5.74) is 7.17. The van der Waals surface area contributed by atoms with Crippen molar-refractivity contribution in [3.63, 3.8) is 0 Å². The molecule has 0 radical (unpaired) electrons. The minimum atomic E-state index is 0.533. The zero-order valence-corrected chi connectivity index (χ0v) is 17.8. The smallest absolute Gasteiger partial charge is 0.128 e. The minimum Gasteiger partial charge on any atom is -0.491 e. The monoisotopic (exact) mass is 410 g/mol. The molecule has 0 spiro atoms. The molecule has 2 aromatic heterocycles. The molecule has 5 nitrogen and oxygen atoms in total. The molecular formula is C26H26N4O. The lowest BCUT2D eigenvalue weighted by atomic mass is 10.1. The van der Waals surface area contributed by atoms with Crippen LogP contribution in [0.5, 0.6) is 5.75 Å². The van der Waals surface area contributed by atoms with Gasteiger partial charge in [-0.05, 0) is 48.9 Å². The highest BCUT2D eigenvalue weighted by atomic mass is 16.5. The van der Waals surface area contributed by atoms with E-state index >= 15 is 0 Å². The van der Waals surface area contributed by atoms with Crippen molar-refractivity contribution in [3.05, 3.63) is 90.8 Å². The zero-order chi connectivity index (χ0) is 21.5. The average molecular weight is 411 g/mol. The molecule has 2 aromatic carbocycles. The fourth-order valence-electron chi connectivity index (χ4n) is 3.38. The summed E-state index contributed by atoms with van der Waals surface area (Å²) in [5, 5.41) is 6.46. The van der Waals surface area contributed by atoms with Gasteiger partial charge in [0.15, 0.2) is 0 Å². The highest BCUT2D eigenvalue weighted by Crippen LogP contribution is 2.29. The van der Waals surface area contributed by atoms with E-state index in [9.17, 15) is 0 Å². The Labute approximate surface area is 183 Å². The average Bonchev–Trinajstić information content (AvgIpc) is 2.83. The van der Waals surface area contributed by atoms with E-state index in [1.165, 1.54) is 5.56 Å². The van der Waals surface area contributed by atoms with Gasteiger partial charge in [-0.1, -0.05) is 36.4 Å². The number of pyridine rings is 2. The molecule has 156 valence electrons. The van der Waals surface area contributed by atoms with Crippen molar-refractivity contribution in [1.82, 2.24) is 9.97 Å². The van der Waals surface area contributed by atoms with Gasteiger partial charge in [0.05, 0.1) is 35.2 Å². The molecule has 31 heavy (non-hydrogen) atoms. The Morgan fingerprint density at radius 3 is 2.06 bits per heavy atom. The third kappa shape index (κ3) is 5.01. The second kappa shape index (κ2) is 9.76. The maximum atomic E-state index is 6.04. The second-order valence-electron chi connectivity index (χ2n) is 7.20. The molecule has 0 unspecified atom stereocenters. The van der Waals surface area contributed by atoms with E-state index in [1.54, 1.807) is 0 Å². The van der Waals surface area contributed by atoms with Crippen LogP contribution >= 0.6 is 0 Å². The molecule has 4 aromatic rings. The molecule has 0 bridgehead atoms. The van der Waals surface area contributed by atoms with Gasteiger partial charge in [-0.2, -0.15) is 0 Å². The van der Waals surface area contributed by atoms with Gasteiger partial charge in [0.1, 0.15) is 12.4 Å². The Balaban J connectivity index is 1.34. The number of anilines is 2. The molecule has 0 saturated heterocycles. The van der Waals surface area contributed by atoms with E-state index in [-0.39, 0.29) is 0 Å². The fraction of sp³-hybridized carbons (Fsp3) is 0.154. The van der Waals surface area contributed by atoms with Crippen LogP contribution in [-0.4, -0.2) is 30.2 Å². The molecular weight excluding hydrogens is 384 g/mol. The number of rotatable bonds is 8. The number of nitrogens with zero attached hydrogens (tertiary/aromatic N) is 2. The van der Waals surface area contributed by atoms with Crippen LogP contribution in [0, 0.1) is 6.92 Å². The molecule has 0 atom stereocenters. The van der Waals surface area contributed by atoms with Gasteiger partial charge in [0.2, 0.25) is 0 Å². The van der Waals surface area contributed by atoms with E-state index in [0.717, 1.165) is 39.6 Å². The van der Waals surface area contributed by atoms with Crippen molar-refractivity contribution in [2.45, 2.75) is 6.92 Å². The summed E-state index contributed by atoms with van der Waals surface area (Å²) in [6, 6.07) is 24.3. The van der Waals surface area contributed by atoms with Crippen LogP contribution in [0.25, 0.3) is 22.5 Å². The summed E-state index contributed by atoms with van der Waals surface area (Å²) < 4.78 is 6.04. The van der Waals surface area contributed by atoms with E-state index in [0.29, 0.717) is 13.2 Å². The molecule has 0 aliphatic carbocycles. The molecule has 0 saturated carbocycles. The number of nitrogens with one attached hydrogen (secondary N) is 2. The molecule has 0 fully saturated rings. The molecule has 0 aliphatic heterocycles. The Morgan fingerprint density at radius 2 is 1.39 bits per heavy atom. The molecule has 2 heterocycles. The maximum Gasteiger partial charge on any atom is 0.128 e. The van der Waals surface area contributed by atoms with E-state index in [4.69, 9.17) is 4.74 Å². The quantitative estimate of drug-likeness (QED) is 0.368. The van der Waals surface area contributed by atoms with E-state index in [2.05, 4.69) is 45.7 Å². The largest absolute Gasteiger partial charge is 0.491 e. The first kappa shape index (κ1) is 20.4. The molecule has 4 rings (SSSR count). The number of benzene rings is 2. The van der Waals surface area contributed by atoms with E-state index < -0.39 is 0 Å². The predicted octanol–water partition coefficient (Wildman–Crippen LogP) is 5.65. The second-order valence-corrected chi connectivity index (χ2v) is 7.20. The summed E-state index contributed by atoms with van der Waals surface area (Å²) in [6.07, 6.45) is 3.68. The Morgan fingerprint density at radius 1 is 0.742 bits per heavy atom. The van der Waals surface area contributed by atoms with Gasteiger partial charge in [-0.3, -0.25) is 9.97 Å². The summed E-state index contributed by atoms with van der Waals surface area (Å²) in [7, 11) is 1.88. The number of aryl methyl sites for hydroxylation is 1. The third-order valence-corrected chi connectivity index (χ3v) is 5.09. The lowest BCUT2D eigenvalue weighted by Gasteiger charge is -2.13. The number of ether oxygens (including phenoxy) is 1. The van der Waals surface area contributed by atoms with Crippen molar-refractivity contribution in [2.24, 2.45) is 0 Å².